The smallest absolute Gasteiger partial charge is 0.276 e. The number of hydrogen-bond donors (Lipinski definition) is 1. The van der Waals surface area contributed by atoms with Crippen LogP contribution < -0.4 is 5.32 Å². The molecule has 0 saturated heterocycles. The molecule has 1 amide bonds. The summed E-state index contributed by atoms with van der Waals surface area (Å²) in [6, 6.07) is 8.31. The van der Waals surface area contributed by atoms with Crippen molar-refractivity contribution in [2.75, 3.05) is 5.32 Å². The first-order valence-corrected chi connectivity index (χ1v) is 8.40. The lowest BCUT2D eigenvalue weighted by atomic mass is 10.0. The average molecular weight is 414 g/mol. The van der Waals surface area contributed by atoms with E-state index in [-0.39, 0.29) is 10.7 Å². The lowest BCUT2D eigenvalue weighted by Gasteiger charge is -2.12. The monoisotopic (exact) mass is 413 g/mol. The molecule has 3 rings (SSSR count). The van der Waals surface area contributed by atoms with Gasteiger partial charge < -0.3 is 5.32 Å². The predicted molar refractivity (Wildman–Crippen MR) is 98.0 cm³/mol. The summed E-state index contributed by atoms with van der Waals surface area (Å²) in [4.78, 5) is 12.5. The van der Waals surface area contributed by atoms with E-state index in [0.29, 0.717) is 16.1 Å². The highest BCUT2D eigenvalue weighted by Gasteiger charge is 2.23. The Bertz CT molecular complexity index is 1020. The van der Waals surface area contributed by atoms with E-state index in [1.807, 2.05) is 0 Å². The summed E-state index contributed by atoms with van der Waals surface area (Å²) in [7, 11) is 1.43. The molecule has 1 N–H and O–H groups in total. The third-order valence-corrected chi connectivity index (χ3v) is 4.51. The fourth-order valence-corrected chi connectivity index (χ4v) is 2.85. The van der Waals surface area contributed by atoms with E-state index in [1.165, 1.54) is 31.3 Å². The number of hydrogen-bond acceptors (Lipinski definition) is 2. The van der Waals surface area contributed by atoms with Gasteiger partial charge in [-0.15, -0.1) is 0 Å². The Morgan fingerprint density at radius 2 is 1.89 bits per heavy atom. The van der Waals surface area contributed by atoms with Crippen LogP contribution in [0, 0.1) is 5.82 Å². The quantitative estimate of drug-likeness (QED) is 0.594. The Labute approximate surface area is 162 Å². The molecular weight excluding hydrogens is 402 g/mol. The van der Waals surface area contributed by atoms with Crippen molar-refractivity contribution in [1.29, 1.82) is 0 Å². The minimum atomic E-state index is -2.86. The Hall–Kier alpha value is -2.51. The van der Waals surface area contributed by atoms with E-state index in [0.717, 1.165) is 16.9 Å². The molecule has 140 valence electrons. The molecule has 4 nitrogen and oxygen atoms in total. The molecule has 0 fully saturated rings. The number of aromatic nitrogens is 2. The van der Waals surface area contributed by atoms with Crippen LogP contribution in [-0.2, 0) is 7.05 Å². The number of alkyl halides is 2. The van der Waals surface area contributed by atoms with Gasteiger partial charge in [0.2, 0.25) is 0 Å². The second-order valence-electron chi connectivity index (χ2n) is 5.68. The molecule has 2 aromatic carbocycles. The highest BCUT2D eigenvalue weighted by molar-refractivity contribution is 6.42. The van der Waals surface area contributed by atoms with Crippen molar-refractivity contribution in [3.05, 3.63) is 69.7 Å². The van der Waals surface area contributed by atoms with Crippen LogP contribution in [0.2, 0.25) is 10.0 Å². The van der Waals surface area contributed by atoms with Gasteiger partial charge in [0, 0.05) is 24.5 Å². The number of aryl methyl sites for hydroxylation is 1. The van der Waals surface area contributed by atoms with Crippen LogP contribution >= 0.6 is 23.2 Å². The van der Waals surface area contributed by atoms with E-state index < -0.39 is 29.4 Å². The van der Waals surface area contributed by atoms with E-state index in [4.69, 9.17) is 23.2 Å². The third-order valence-electron chi connectivity index (χ3n) is 3.77. The Kier molecular flexibility index (Phi) is 5.43. The van der Waals surface area contributed by atoms with Gasteiger partial charge >= 0.3 is 0 Å². The van der Waals surface area contributed by atoms with Gasteiger partial charge in [-0.25, -0.2) is 13.2 Å². The fraction of sp³-hybridized carbons (Fsp3) is 0.111. The van der Waals surface area contributed by atoms with Crippen molar-refractivity contribution in [2.45, 2.75) is 6.43 Å². The first kappa shape index (κ1) is 19.3. The van der Waals surface area contributed by atoms with Crippen molar-refractivity contribution in [1.82, 2.24) is 9.78 Å². The van der Waals surface area contributed by atoms with E-state index in [2.05, 4.69) is 10.4 Å². The van der Waals surface area contributed by atoms with Crippen LogP contribution in [0.1, 0.15) is 22.5 Å². The van der Waals surface area contributed by atoms with E-state index in [9.17, 15) is 18.0 Å². The molecule has 0 aliphatic carbocycles. The molecule has 1 heterocycles. The number of nitrogens with one attached hydrogen (secondary N) is 1. The van der Waals surface area contributed by atoms with Crippen LogP contribution in [0.3, 0.4) is 0 Å². The first-order valence-electron chi connectivity index (χ1n) is 7.64. The number of halogens is 5. The van der Waals surface area contributed by atoms with Crippen molar-refractivity contribution < 1.29 is 18.0 Å². The maximum atomic E-state index is 13.8. The predicted octanol–water partition coefficient (Wildman–Crippen LogP) is 5.72. The lowest BCUT2D eigenvalue weighted by molar-refractivity contribution is 0.100. The molecule has 0 radical (unpaired) electrons. The zero-order valence-corrected chi connectivity index (χ0v) is 15.3. The molecule has 9 heteroatoms. The second-order valence-corrected chi connectivity index (χ2v) is 6.49. The first-order chi connectivity index (χ1) is 12.8. The average Bonchev–Trinajstić information content (AvgIpc) is 3.01. The Morgan fingerprint density at radius 3 is 2.56 bits per heavy atom. The minimum absolute atomic E-state index is 0.214. The summed E-state index contributed by atoms with van der Waals surface area (Å²) in [5.74, 6) is -1.38. The SMILES string of the molecule is Cn1cc(C(F)F)c(C(=O)Nc2ccc(F)cc2-c2ccc(Cl)c(Cl)c2)n1. The van der Waals surface area contributed by atoms with Gasteiger partial charge in [-0.2, -0.15) is 5.10 Å². The van der Waals surface area contributed by atoms with Gasteiger partial charge in [0.25, 0.3) is 12.3 Å². The summed E-state index contributed by atoms with van der Waals surface area (Å²) < 4.78 is 41.1. The number of benzene rings is 2. The van der Waals surface area contributed by atoms with E-state index in [1.54, 1.807) is 6.07 Å². The number of anilines is 1. The highest BCUT2D eigenvalue weighted by atomic mass is 35.5. The molecule has 3 aromatic rings. The molecular formula is C18H12Cl2F3N3O. The molecule has 0 atom stereocenters. The third kappa shape index (κ3) is 4.09. The van der Waals surface area contributed by atoms with Crippen LogP contribution in [0.15, 0.2) is 42.6 Å². The summed E-state index contributed by atoms with van der Waals surface area (Å²) in [5.41, 5.74) is 0.126. The summed E-state index contributed by atoms with van der Waals surface area (Å²) in [6.07, 6.45) is -1.79. The number of nitrogens with zero attached hydrogens (tertiary/aromatic N) is 2. The maximum absolute atomic E-state index is 13.8. The molecule has 1 aromatic heterocycles. The number of amides is 1. The van der Waals surface area contributed by atoms with Gasteiger partial charge in [-0.1, -0.05) is 29.3 Å². The van der Waals surface area contributed by atoms with Gasteiger partial charge in [-0.3, -0.25) is 9.48 Å². The molecule has 0 aliphatic heterocycles. The van der Waals surface area contributed by atoms with Gasteiger partial charge in [0.1, 0.15) is 5.82 Å². The summed E-state index contributed by atoms with van der Waals surface area (Å²) in [6.45, 7) is 0. The van der Waals surface area contributed by atoms with Crippen LogP contribution in [0.5, 0.6) is 0 Å². The molecule has 0 saturated carbocycles. The minimum Gasteiger partial charge on any atom is -0.320 e. The lowest BCUT2D eigenvalue weighted by Crippen LogP contribution is -2.15. The zero-order valence-electron chi connectivity index (χ0n) is 13.8. The molecule has 0 unspecified atom stereocenters. The standard InChI is InChI=1S/C18H12Cl2F3N3O/c1-26-8-12(17(22)23)16(25-26)18(27)24-15-5-3-10(21)7-11(15)9-2-4-13(19)14(20)6-9/h2-8,17H,1H3,(H,24,27). The van der Waals surface area contributed by atoms with Crippen molar-refractivity contribution >= 4 is 34.8 Å². The Balaban J connectivity index is 2.01. The summed E-state index contributed by atoms with van der Waals surface area (Å²) >= 11 is 11.9. The highest BCUT2D eigenvalue weighted by Crippen LogP contribution is 2.34. The van der Waals surface area contributed by atoms with Crippen molar-refractivity contribution in [3.8, 4) is 11.1 Å². The summed E-state index contributed by atoms with van der Waals surface area (Å²) in [5, 5.41) is 6.86. The molecule has 0 spiro atoms. The largest absolute Gasteiger partial charge is 0.320 e. The Morgan fingerprint density at radius 1 is 1.15 bits per heavy atom. The molecule has 0 aliphatic rings. The number of carbonyl (C=O) groups is 1. The second kappa shape index (κ2) is 7.62. The van der Waals surface area contributed by atoms with Gasteiger partial charge in [0.15, 0.2) is 5.69 Å². The molecule has 0 bridgehead atoms. The zero-order chi connectivity index (χ0) is 19.7. The molecule has 27 heavy (non-hydrogen) atoms. The maximum Gasteiger partial charge on any atom is 0.276 e. The van der Waals surface area contributed by atoms with Crippen LogP contribution in [0.4, 0.5) is 18.9 Å². The normalized spacial score (nSPS) is 11.1. The van der Waals surface area contributed by atoms with Crippen molar-refractivity contribution in [2.24, 2.45) is 7.05 Å². The van der Waals surface area contributed by atoms with Crippen LogP contribution in [-0.4, -0.2) is 15.7 Å². The topological polar surface area (TPSA) is 46.9 Å². The van der Waals surface area contributed by atoms with Gasteiger partial charge in [-0.05, 0) is 35.9 Å². The van der Waals surface area contributed by atoms with Crippen LogP contribution in [0.25, 0.3) is 11.1 Å². The number of carbonyl (C=O) groups excluding carboxylic acids is 1. The van der Waals surface area contributed by atoms with Gasteiger partial charge in [0.05, 0.1) is 15.6 Å². The van der Waals surface area contributed by atoms with Crippen molar-refractivity contribution in [3.63, 3.8) is 0 Å². The van der Waals surface area contributed by atoms with E-state index >= 15 is 0 Å². The fourth-order valence-electron chi connectivity index (χ4n) is 2.55. The number of rotatable bonds is 4.